The molecule has 1 aliphatic heterocycles. The van der Waals surface area contributed by atoms with Crippen LogP contribution < -0.4 is 5.32 Å². The monoisotopic (exact) mass is 461 g/mol. The Labute approximate surface area is 180 Å². The Morgan fingerprint density at radius 2 is 1.77 bits per heavy atom. The molecule has 0 aromatic carbocycles. The molecular weight excluding hydrogens is 434 g/mol. The fourth-order valence-corrected chi connectivity index (χ4v) is 5.79. The highest BCUT2D eigenvalue weighted by atomic mass is 32.2. The molecule has 2 heterocycles. The van der Waals surface area contributed by atoms with Crippen LogP contribution in [0.1, 0.15) is 30.6 Å². The number of sulfonamides is 1. The van der Waals surface area contributed by atoms with E-state index in [1.54, 1.807) is 4.90 Å². The van der Waals surface area contributed by atoms with Crippen LogP contribution in [-0.2, 0) is 24.3 Å². The van der Waals surface area contributed by atoms with Gasteiger partial charge in [0.25, 0.3) is 10.0 Å². The number of thiophene rings is 1. The Balaban J connectivity index is 2.05. The van der Waals surface area contributed by atoms with Crippen LogP contribution in [-0.4, -0.2) is 82.0 Å². The molecule has 0 saturated carbocycles. The van der Waals surface area contributed by atoms with Gasteiger partial charge in [-0.25, -0.2) is 18.0 Å². The molecule has 10 nitrogen and oxygen atoms in total. The van der Waals surface area contributed by atoms with Crippen LogP contribution in [0.25, 0.3) is 0 Å². The number of nitrogens with zero attached hydrogens (tertiary/aromatic N) is 2. The summed E-state index contributed by atoms with van der Waals surface area (Å²) in [4.78, 5) is 37.6. The summed E-state index contributed by atoms with van der Waals surface area (Å²) in [5.74, 6) is -0.701. The third-order valence-corrected chi connectivity index (χ3v) is 7.94. The van der Waals surface area contributed by atoms with Gasteiger partial charge in [0.05, 0.1) is 19.8 Å². The van der Waals surface area contributed by atoms with Crippen LogP contribution >= 0.6 is 11.3 Å². The minimum absolute atomic E-state index is 0.0488. The lowest BCUT2D eigenvalue weighted by Crippen LogP contribution is -2.56. The Bertz CT molecular complexity index is 874. The molecule has 30 heavy (non-hydrogen) atoms. The number of rotatable bonds is 7. The van der Waals surface area contributed by atoms with Crippen LogP contribution in [0, 0.1) is 5.92 Å². The topological polar surface area (TPSA) is 122 Å². The zero-order valence-electron chi connectivity index (χ0n) is 17.4. The average Bonchev–Trinajstić information content (AvgIpc) is 3.23. The highest BCUT2D eigenvalue weighted by molar-refractivity contribution is 7.91. The fourth-order valence-electron chi connectivity index (χ4n) is 3.07. The number of carbonyl (C=O) groups excluding carboxylic acids is 3. The number of hydrogen-bond donors (Lipinski definition) is 1. The van der Waals surface area contributed by atoms with Gasteiger partial charge in [0, 0.05) is 31.6 Å². The number of amides is 2. The maximum atomic E-state index is 12.9. The van der Waals surface area contributed by atoms with E-state index in [1.807, 2.05) is 13.8 Å². The number of carbonyl (C=O) groups is 3. The first kappa shape index (κ1) is 24.1. The Morgan fingerprint density at radius 1 is 1.13 bits per heavy atom. The predicted molar refractivity (Wildman–Crippen MR) is 110 cm³/mol. The lowest BCUT2D eigenvalue weighted by atomic mass is 10.0. The predicted octanol–water partition coefficient (Wildman–Crippen LogP) is 1.14. The van der Waals surface area contributed by atoms with Crippen LogP contribution in [0.5, 0.6) is 0 Å². The van der Waals surface area contributed by atoms with E-state index >= 15 is 0 Å². The average molecular weight is 462 g/mol. The molecule has 2 rings (SSSR count). The molecule has 1 N–H and O–H groups in total. The Morgan fingerprint density at radius 3 is 2.30 bits per heavy atom. The van der Waals surface area contributed by atoms with E-state index < -0.39 is 28.1 Å². The second kappa shape index (κ2) is 10.2. The molecular formula is C18H27N3O7S2. The van der Waals surface area contributed by atoms with E-state index in [9.17, 15) is 22.8 Å². The first-order chi connectivity index (χ1) is 14.1. The van der Waals surface area contributed by atoms with Crippen LogP contribution in [0.4, 0.5) is 4.79 Å². The van der Waals surface area contributed by atoms with Crippen molar-refractivity contribution in [3.63, 3.8) is 0 Å². The van der Waals surface area contributed by atoms with Gasteiger partial charge in [-0.2, -0.15) is 4.31 Å². The highest BCUT2D eigenvalue weighted by Gasteiger charge is 2.34. The van der Waals surface area contributed by atoms with Gasteiger partial charge in [-0.1, -0.05) is 13.8 Å². The first-order valence-electron chi connectivity index (χ1n) is 9.40. The third-order valence-electron chi connectivity index (χ3n) is 4.62. The molecule has 0 bridgehead atoms. The third kappa shape index (κ3) is 5.70. The van der Waals surface area contributed by atoms with Gasteiger partial charge >= 0.3 is 12.1 Å². The molecule has 1 saturated heterocycles. The van der Waals surface area contributed by atoms with Crippen molar-refractivity contribution in [2.45, 2.75) is 30.5 Å². The molecule has 12 heteroatoms. The van der Waals surface area contributed by atoms with E-state index in [4.69, 9.17) is 0 Å². The lowest BCUT2D eigenvalue weighted by molar-refractivity contribution is -0.135. The van der Waals surface area contributed by atoms with Gasteiger partial charge < -0.3 is 19.7 Å². The second-order valence-electron chi connectivity index (χ2n) is 7.19. The minimum Gasteiger partial charge on any atom is -0.465 e. The van der Waals surface area contributed by atoms with E-state index in [1.165, 1.54) is 30.0 Å². The van der Waals surface area contributed by atoms with Gasteiger partial charge in [-0.3, -0.25) is 4.79 Å². The van der Waals surface area contributed by atoms with Crippen molar-refractivity contribution in [3.8, 4) is 0 Å². The number of nitrogens with one attached hydrogen (secondary N) is 1. The maximum absolute atomic E-state index is 12.9. The molecule has 168 valence electrons. The molecule has 1 aromatic heterocycles. The van der Waals surface area contributed by atoms with Crippen molar-refractivity contribution >= 4 is 39.3 Å². The number of esters is 1. The number of methoxy groups -OCH3 is 2. The summed E-state index contributed by atoms with van der Waals surface area (Å²) >= 11 is 0.950. The molecule has 1 aromatic rings. The molecule has 0 radical (unpaired) electrons. The van der Waals surface area contributed by atoms with Crippen LogP contribution in [0.2, 0.25) is 0 Å². The summed E-state index contributed by atoms with van der Waals surface area (Å²) in [6, 6.07) is 0.558. The van der Waals surface area contributed by atoms with E-state index in [0.717, 1.165) is 11.3 Å². The second-order valence-corrected chi connectivity index (χ2v) is 10.3. The molecule has 1 atom stereocenters. The number of hydrogen-bond acceptors (Lipinski definition) is 8. The summed E-state index contributed by atoms with van der Waals surface area (Å²) in [6.45, 7) is 4.51. The molecule has 1 aliphatic rings. The quantitative estimate of drug-likeness (QED) is 0.604. The SMILES string of the molecule is COC(=O)NC(CC(C)C)C(=O)N1CCN(S(=O)(=O)c2cc(C(=O)OC)cs2)CC1. The van der Waals surface area contributed by atoms with Crippen molar-refractivity contribution in [2.75, 3.05) is 40.4 Å². The van der Waals surface area contributed by atoms with Crippen molar-refractivity contribution in [3.05, 3.63) is 17.0 Å². The maximum Gasteiger partial charge on any atom is 0.407 e. The smallest absolute Gasteiger partial charge is 0.407 e. The Kier molecular flexibility index (Phi) is 8.21. The number of piperazine rings is 1. The van der Waals surface area contributed by atoms with Crippen molar-refractivity contribution in [2.24, 2.45) is 5.92 Å². The molecule has 2 amide bonds. The minimum atomic E-state index is -3.78. The Hall–Kier alpha value is -2.18. The normalized spacial score (nSPS) is 16.2. The van der Waals surface area contributed by atoms with Gasteiger partial charge in [0.2, 0.25) is 5.91 Å². The van der Waals surface area contributed by atoms with E-state index in [-0.39, 0.29) is 47.8 Å². The summed E-state index contributed by atoms with van der Waals surface area (Å²) in [6.07, 6.45) is -0.243. The van der Waals surface area contributed by atoms with E-state index in [0.29, 0.717) is 6.42 Å². The van der Waals surface area contributed by atoms with Gasteiger partial charge in [0.15, 0.2) is 0 Å². The van der Waals surface area contributed by atoms with Gasteiger partial charge in [0.1, 0.15) is 10.3 Å². The zero-order valence-corrected chi connectivity index (χ0v) is 19.0. The fraction of sp³-hybridized carbons (Fsp3) is 0.611. The molecule has 1 fully saturated rings. The molecule has 1 unspecified atom stereocenters. The summed E-state index contributed by atoms with van der Waals surface area (Å²) in [5, 5.41) is 3.99. The van der Waals surface area contributed by atoms with Crippen molar-refractivity contribution in [1.82, 2.24) is 14.5 Å². The van der Waals surface area contributed by atoms with Gasteiger partial charge in [-0.15, -0.1) is 11.3 Å². The largest absolute Gasteiger partial charge is 0.465 e. The number of alkyl carbamates (subject to hydrolysis) is 1. The van der Waals surface area contributed by atoms with Gasteiger partial charge in [-0.05, 0) is 18.4 Å². The van der Waals surface area contributed by atoms with Crippen LogP contribution in [0.15, 0.2) is 15.7 Å². The standard InChI is InChI=1S/C18H27N3O7S2/c1-12(2)9-14(19-18(24)28-4)16(22)20-5-7-21(8-6-20)30(25,26)15-10-13(11-29-15)17(23)27-3/h10-12,14H,5-9H2,1-4H3,(H,19,24). The summed E-state index contributed by atoms with van der Waals surface area (Å²) < 4.78 is 36.3. The lowest BCUT2D eigenvalue weighted by Gasteiger charge is -2.35. The zero-order chi connectivity index (χ0) is 22.5. The summed E-state index contributed by atoms with van der Waals surface area (Å²) in [5.41, 5.74) is 0.181. The van der Waals surface area contributed by atoms with E-state index in [2.05, 4.69) is 14.8 Å². The van der Waals surface area contributed by atoms with Crippen molar-refractivity contribution in [1.29, 1.82) is 0 Å². The molecule has 0 aliphatic carbocycles. The first-order valence-corrected chi connectivity index (χ1v) is 11.7. The summed E-state index contributed by atoms with van der Waals surface area (Å²) in [7, 11) is -1.32. The van der Waals surface area contributed by atoms with Crippen LogP contribution in [0.3, 0.4) is 0 Å². The highest BCUT2D eigenvalue weighted by Crippen LogP contribution is 2.25. The number of ether oxygens (including phenoxy) is 2. The molecule has 0 spiro atoms. The van der Waals surface area contributed by atoms with Crippen molar-refractivity contribution < 1.29 is 32.3 Å².